The van der Waals surface area contributed by atoms with Crippen LogP contribution in [0, 0.1) is 6.92 Å². The van der Waals surface area contributed by atoms with E-state index in [1.54, 1.807) is 0 Å². The van der Waals surface area contributed by atoms with Crippen molar-refractivity contribution in [3.63, 3.8) is 0 Å². The van der Waals surface area contributed by atoms with Crippen LogP contribution in [0.5, 0.6) is 0 Å². The Bertz CT molecular complexity index is 4160. The van der Waals surface area contributed by atoms with E-state index in [4.69, 9.17) is 0 Å². The Morgan fingerprint density at radius 2 is 0.482 bits per heavy atom. The second-order valence-electron chi connectivity index (χ2n) is 21.2. The van der Waals surface area contributed by atoms with Crippen LogP contribution >= 0.6 is 0 Å². The van der Waals surface area contributed by atoms with E-state index in [2.05, 4.69) is 375 Å². The van der Waals surface area contributed by atoms with Gasteiger partial charge in [0.15, 0.2) is 0 Å². The Hall–Kier alpha value is -11.1. The van der Waals surface area contributed by atoms with Gasteiger partial charge in [0, 0.05) is 28.4 Å². The average Bonchev–Trinajstić information content (AvgIpc) is 3.72. The van der Waals surface area contributed by atoms with Crippen LogP contribution in [0.2, 0.25) is 0 Å². The van der Waals surface area contributed by atoms with Crippen molar-refractivity contribution in [2.24, 2.45) is 0 Å². The lowest BCUT2D eigenvalue weighted by atomic mass is 10.0. The molecule has 0 aromatic heterocycles. The molecule has 0 spiro atoms. The lowest BCUT2D eigenvalue weighted by Crippen LogP contribution is -2.09. The molecule has 13 rings (SSSR count). The van der Waals surface area contributed by atoms with E-state index in [-0.39, 0.29) is 0 Å². The van der Waals surface area contributed by atoms with Crippen LogP contribution in [0.15, 0.2) is 303 Å². The van der Waals surface area contributed by atoms with Crippen molar-refractivity contribution in [3.05, 3.63) is 365 Å². The van der Waals surface area contributed by atoms with E-state index in [1.807, 2.05) is 6.07 Å². The molecule has 0 unspecified atom stereocenters. The van der Waals surface area contributed by atoms with Crippen molar-refractivity contribution in [2.75, 3.05) is 10.2 Å². The summed E-state index contributed by atoms with van der Waals surface area (Å²) >= 11 is 0. The molecule has 13 aromatic carbocycles. The number of fused-ring (bicyclic) bond motifs is 3. The third kappa shape index (κ3) is 14.2. The van der Waals surface area contributed by atoms with Gasteiger partial charge in [-0.15, -0.1) is 0 Å². The van der Waals surface area contributed by atoms with Gasteiger partial charge in [-0.2, -0.15) is 0 Å². The van der Waals surface area contributed by atoms with Gasteiger partial charge in [-0.25, -0.2) is 0 Å². The van der Waals surface area contributed by atoms with Crippen molar-refractivity contribution in [2.45, 2.75) is 6.92 Å². The predicted molar refractivity (Wildman–Crippen MR) is 371 cm³/mol. The molecule has 0 amide bonds. The number of aryl methyl sites for hydroxylation is 1. The quantitative estimate of drug-likeness (QED) is 0.103. The molecule has 0 aliphatic heterocycles. The minimum Gasteiger partial charge on any atom is -0.356 e. The first-order valence-corrected chi connectivity index (χ1v) is 29.0. The van der Waals surface area contributed by atoms with Crippen molar-refractivity contribution >= 4 is 122 Å². The monoisotopic (exact) mass is 1090 g/mol. The molecule has 1 N–H and O–H groups in total. The van der Waals surface area contributed by atoms with Gasteiger partial charge < -0.3 is 10.2 Å². The smallest absolute Gasteiger partial charge is 0.0462 e. The summed E-state index contributed by atoms with van der Waals surface area (Å²) in [6.45, 7) is 2.11. The highest BCUT2D eigenvalue weighted by Crippen LogP contribution is 2.36. The van der Waals surface area contributed by atoms with Crippen LogP contribution in [0.3, 0.4) is 0 Å². The maximum atomic E-state index is 3.46. The van der Waals surface area contributed by atoms with E-state index in [0.717, 1.165) is 45.1 Å². The van der Waals surface area contributed by atoms with E-state index in [0.29, 0.717) is 0 Å². The number of nitrogens with zero attached hydrogens (tertiary/aromatic N) is 1. The largest absolute Gasteiger partial charge is 0.356 e. The van der Waals surface area contributed by atoms with E-state index in [9.17, 15) is 0 Å². The molecule has 406 valence electrons. The van der Waals surface area contributed by atoms with Crippen molar-refractivity contribution in [1.29, 1.82) is 0 Å². The molecule has 0 saturated heterocycles. The maximum Gasteiger partial charge on any atom is 0.0462 e. The Morgan fingerprint density at radius 3 is 0.824 bits per heavy atom. The fraction of sp³-hybridized carbons (Fsp3) is 0.0120. The van der Waals surface area contributed by atoms with Crippen LogP contribution in [0.1, 0.15) is 61.2 Å². The predicted octanol–water partition coefficient (Wildman–Crippen LogP) is 23.2. The summed E-state index contributed by atoms with van der Waals surface area (Å²) in [5.74, 6) is 0. The van der Waals surface area contributed by atoms with Crippen LogP contribution in [-0.2, 0) is 0 Å². The second-order valence-corrected chi connectivity index (χ2v) is 21.2. The number of benzene rings is 13. The number of anilines is 5. The average molecular weight is 1090 g/mol. The van der Waals surface area contributed by atoms with Crippen LogP contribution < -0.4 is 10.2 Å². The molecule has 13 aromatic rings. The number of nitrogens with one attached hydrogen (secondary N) is 1. The van der Waals surface area contributed by atoms with Crippen LogP contribution in [0.25, 0.3) is 93.1 Å². The number of hydrogen-bond acceptors (Lipinski definition) is 2. The molecule has 2 nitrogen and oxygen atoms in total. The second kappa shape index (κ2) is 26.7. The summed E-state index contributed by atoms with van der Waals surface area (Å²) in [5.41, 5.74) is 18.6. The highest BCUT2D eigenvalue weighted by atomic mass is 15.1. The van der Waals surface area contributed by atoms with Gasteiger partial charge in [-0.1, -0.05) is 309 Å². The van der Waals surface area contributed by atoms with Gasteiger partial charge in [-0.3, -0.25) is 0 Å². The highest BCUT2D eigenvalue weighted by Gasteiger charge is 2.13. The third-order valence-electron chi connectivity index (χ3n) is 15.2. The first-order valence-electron chi connectivity index (χ1n) is 29.0. The zero-order valence-corrected chi connectivity index (χ0v) is 47.6. The van der Waals surface area contributed by atoms with Gasteiger partial charge in [0.2, 0.25) is 0 Å². The molecule has 0 atom stereocenters. The number of rotatable bonds is 15. The third-order valence-corrected chi connectivity index (χ3v) is 15.2. The molecule has 0 radical (unpaired) electrons. The minimum absolute atomic E-state index is 1.08. The van der Waals surface area contributed by atoms with Gasteiger partial charge in [0.25, 0.3) is 0 Å². The minimum atomic E-state index is 1.08. The summed E-state index contributed by atoms with van der Waals surface area (Å²) in [5, 5.41) is 11.0. The maximum absolute atomic E-state index is 3.46. The van der Waals surface area contributed by atoms with Gasteiger partial charge in [0.1, 0.15) is 0 Å². The van der Waals surface area contributed by atoms with E-state index >= 15 is 0 Å². The SMILES string of the molecule is C(=C\c1cccc2ccccc12)/c1ccc(N(c2ccc(/C=C/c3cccc4ccccc34)cc2)c2ccc(/C=C/c3cccc4ccccc34)cc2)cc1.Cc1ccc(/C=C/c2ccc(Nc3ccc(/C=C/c4ccccc4)cc3)cc2)cc1. The van der Waals surface area contributed by atoms with Gasteiger partial charge in [-0.05, 0) is 156 Å². The zero-order valence-electron chi connectivity index (χ0n) is 47.6. The van der Waals surface area contributed by atoms with Crippen LogP contribution in [0.4, 0.5) is 28.4 Å². The molecular weight excluding hydrogens is 1020 g/mol. The molecule has 0 fully saturated rings. The first-order chi connectivity index (χ1) is 42.0. The first kappa shape index (κ1) is 54.5. The lowest BCUT2D eigenvalue weighted by molar-refractivity contribution is 1.28. The fourth-order valence-corrected chi connectivity index (χ4v) is 10.5. The Balaban J connectivity index is 0.000000199. The molecule has 0 saturated carbocycles. The molecule has 0 heterocycles. The Morgan fingerprint density at radius 1 is 0.224 bits per heavy atom. The van der Waals surface area contributed by atoms with E-state index < -0.39 is 0 Å². The van der Waals surface area contributed by atoms with Crippen molar-refractivity contribution in [1.82, 2.24) is 0 Å². The van der Waals surface area contributed by atoms with Crippen molar-refractivity contribution < 1.29 is 0 Å². The summed E-state index contributed by atoms with van der Waals surface area (Å²) in [6.07, 6.45) is 21.8. The summed E-state index contributed by atoms with van der Waals surface area (Å²) in [4.78, 5) is 2.33. The molecular formula is C83H64N2. The summed E-state index contributed by atoms with van der Waals surface area (Å²) < 4.78 is 0. The zero-order chi connectivity index (χ0) is 57.4. The highest BCUT2D eigenvalue weighted by molar-refractivity contribution is 5.95. The topological polar surface area (TPSA) is 15.3 Å². The summed E-state index contributed by atoms with van der Waals surface area (Å²) in [7, 11) is 0. The molecule has 85 heavy (non-hydrogen) atoms. The normalized spacial score (nSPS) is 11.6. The van der Waals surface area contributed by atoms with E-state index in [1.165, 1.54) is 76.8 Å². The molecule has 2 heteroatoms. The number of hydrogen-bond donors (Lipinski definition) is 1. The van der Waals surface area contributed by atoms with Crippen molar-refractivity contribution in [3.8, 4) is 0 Å². The van der Waals surface area contributed by atoms with Crippen LogP contribution in [-0.4, -0.2) is 0 Å². The molecule has 0 aliphatic carbocycles. The summed E-state index contributed by atoms with van der Waals surface area (Å²) in [6, 6.07) is 107. The Labute approximate surface area is 500 Å². The fourth-order valence-electron chi connectivity index (χ4n) is 10.5. The standard InChI is InChI=1S/C54H39N.C29H25N/c1-4-19-52-43(10-1)13-7-16-46(52)31-22-40-25-34-49(35-26-40)55(50-36-27-41(28-37-50)23-32-47-17-8-14-44-11-2-5-20-53(44)47)51-38-29-42(30-39-51)24-33-48-18-9-15-45-12-3-6-21-54(45)48;1-23-7-9-25(10-8-23)13-14-27-17-21-29(22-18-27)30-28-19-15-26(16-20-28)12-11-24-5-3-2-4-6-24/h1-39H;2-22,30H,1H3/b31-22+,32-23+,33-24+;12-11+,14-13+. The van der Waals surface area contributed by atoms with Gasteiger partial charge >= 0.3 is 0 Å². The Kier molecular flexibility index (Phi) is 17.1. The molecule has 0 aliphatic rings. The lowest BCUT2D eigenvalue weighted by Gasteiger charge is -2.26. The molecule has 0 bridgehead atoms. The van der Waals surface area contributed by atoms with Gasteiger partial charge in [0.05, 0.1) is 0 Å².